The van der Waals surface area contributed by atoms with Crippen molar-refractivity contribution in [3.05, 3.63) is 114 Å². The van der Waals surface area contributed by atoms with Crippen molar-refractivity contribution in [3.8, 4) is 11.1 Å². The van der Waals surface area contributed by atoms with Crippen molar-refractivity contribution in [2.24, 2.45) is 0 Å². The third-order valence-corrected chi connectivity index (χ3v) is 5.33. The summed E-state index contributed by atoms with van der Waals surface area (Å²) in [6, 6.07) is 28.3. The van der Waals surface area contributed by atoms with E-state index >= 15 is 0 Å². The van der Waals surface area contributed by atoms with E-state index < -0.39 is 0 Å². The second-order valence-corrected chi connectivity index (χ2v) is 7.71. The number of aromatic nitrogens is 1. The molecule has 3 aromatic carbocycles. The first-order chi connectivity index (χ1) is 16.1. The van der Waals surface area contributed by atoms with E-state index in [1.807, 2.05) is 78.9 Å². The molecule has 1 heterocycles. The minimum absolute atomic E-state index is 0.00693. The molecule has 2 N–H and O–H groups in total. The van der Waals surface area contributed by atoms with Gasteiger partial charge in [-0.2, -0.15) is 0 Å². The number of carbonyl (C=O) groups is 2. The summed E-state index contributed by atoms with van der Waals surface area (Å²) in [5, 5.41) is 6.34. The molecule has 4 rings (SSSR count). The van der Waals surface area contributed by atoms with Gasteiger partial charge in [0, 0.05) is 47.4 Å². The molecule has 0 aliphatic carbocycles. The average molecular weight is 436 g/mol. The van der Waals surface area contributed by atoms with Crippen molar-refractivity contribution in [2.45, 2.75) is 13.3 Å². The Kier molecular flexibility index (Phi) is 6.90. The molecule has 0 radical (unpaired) electrons. The van der Waals surface area contributed by atoms with Gasteiger partial charge in [0.05, 0.1) is 0 Å². The van der Waals surface area contributed by atoms with Crippen LogP contribution in [0.4, 0.5) is 11.4 Å². The lowest BCUT2D eigenvalue weighted by molar-refractivity contribution is 0.101. The van der Waals surface area contributed by atoms with Gasteiger partial charge in [0.15, 0.2) is 5.78 Å². The van der Waals surface area contributed by atoms with Gasteiger partial charge in [-0.3, -0.25) is 14.6 Å². The number of rotatable bonds is 8. The van der Waals surface area contributed by atoms with Crippen LogP contribution >= 0.6 is 0 Å². The smallest absolute Gasteiger partial charge is 0.256 e. The zero-order chi connectivity index (χ0) is 23.0. The SMILES string of the molecule is CC(=O)c1cccc(-c2ccccc2C(=O)Nc2ccc(NCCc3ccccn3)cc2)c1. The van der Waals surface area contributed by atoms with Crippen molar-refractivity contribution in [1.82, 2.24) is 4.98 Å². The predicted molar refractivity (Wildman–Crippen MR) is 133 cm³/mol. The predicted octanol–water partition coefficient (Wildman–Crippen LogP) is 5.86. The molecule has 0 saturated heterocycles. The van der Waals surface area contributed by atoms with E-state index in [0.29, 0.717) is 16.8 Å². The standard InChI is InChI=1S/C28H25N3O2/c1-20(32)21-7-6-8-22(19-21)26-10-2-3-11-27(26)28(33)31-25-14-12-24(13-15-25)30-18-16-23-9-4-5-17-29-23/h2-15,17,19,30H,16,18H2,1H3,(H,31,33). The lowest BCUT2D eigenvalue weighted by Crippen LogP contribution is -2.13. The maximum Gasteiger partial charge on any atom is 0.256 e. The quantitative estimate of drug-likeness (QED) is 0.340. The van der Waals surface area contributed by atoms with E-state index in [0.717, 1.165) is 35.5 Å². The minimum atomic E-state index is -0.199. The van der Waals surface area contributed by atoms with Crippen LogP contribution in [-0.2, 0) is 6.42 Å². The summed E-state index contributed by atoms with van der Waals surface area (Å²) in [6.07, 6.45) is 2.63. The molecular weight excluding hydrogens is 410 g/mol. The molecule has 0 spiro atoms. The Balaban J connectivity index is 1.42. The number of hydrogen-bond acceptors (Lipinski definition) is 4. The van der Waals surface area contributed by atoms with Crippen molar-refractivity contribution in [2.75, 3.05) is 17.2 Å². The van der Waals surface area contributed by atoms with E-state index in [1.54, 1.807) is 18.3 Å². The van der Waals surface area contributed by atoms with Gasteiger partial charge < -0.3 is 10.6 Å². The molecule has 33 heavy (non-hydrogen) atoms. The average Bonchev–Trinajstić information content (AvgIpc) is 2.86. The molecule has 0 saturated carbocycles. The fourth-order valence-electron chi connectivity index (χ4n) is 3.59. The Hall–Kier alpha value is -4.25. The van der Waals surface area contributed by atoms with Crippen LogP contribution in [0.3, 0.4) is 0 Å². The molecule has 0 aliphatic heterocycles. The van der Waals surface area contributed by atoms with E-state index in [4.69, 9.17) is 0 Å². The molecule has 0 fully saturated rings. The Morgan fingerprint density at radius 1 is 0.818 bits per heavy atom. The number of benzene rings is 3. The maximum absolute atomic E-state index is 13.0. The van der Waals surface area contributed by atoms with Crippen LogP contribution in [-0.4, -0.2) is 23.2 Å². The number of amides is 1. The van der Waals surface area contributed by atoms with Crippen LogP contribution in [0.15, 0.2) is 97.2 Å². The number of hydrogen-bond donors (Lipinski definition) is 2. The highest BCUT2D eigenvalue weighted by atomic mass is 16.1. The number of nitrogens with zero attached hydrogens (tertiary/aromatic N) is 1. The largest absolute Gasteiger partial charge is 0.385 e. The minimum Gasteiger partial charge on any atom is -0.385 e. The topological polar surface area (TPSA) is 71.1 Å². The monoisotopic (exact) mass is 435 g/mol. The van der Waals surface area contributed by atoms with Crippen molar-refractivity contribution in [1.29, 1.82) is 0 Å². The van der Waals surface area contributed by atoms with Gasteiger partial charge in [-0.15, -0.1) is 0 Å². The van der Waals surface area contributed by atoms with Crippen LogP contribution in [0, 0.1) is 0 Å². The second kappa shape index (κ2) is 10.4. The summed E-state index contributed by atoms with van der Waals surface area (Å²) in [7, 11) is 0. The first-order valence-electron chi connectivity index (χ1n) is 10.9. The van der Waals surface area contributed by atoms with Gasteiger partial charge in [0.2, 0.25) is 0 Å². The second-order valence-electron chi connectivity index (χ2n) is 7.71. The third-order valence-electron chi connectivity index (χ3n) is 5.33. The van der Waals surface area contributed by atoms with Gasteiger partial charge >= 0.3 is 0 Å². The molecule has 1 aromatic heterocycles. The van der Waals surface area contributed by atoms with Gasteiger partial charge in [0.1, 0.15) is 0 Å². The fraction of sp³-hybridized carbons (Fsp3) is 0.107. The zero-order valence-corrected chi connectivity index (χ0v) is 18.4. The first kappa shape index (κ1) is 22.0. The molecule has 164 valence electrons. The van der Waals surface area contributed by atoms with Gasteiger partial charge in [-0.1, -0.05) is 42.5 Å². The van der Waals surface area contributed by atoms with Crippen molar-refractivity contribution >= 4 is 23.1 Å². The summed E-state index contributed by atoms with van der Waals surface area (Å²) in [4.78, 5) is 29.1. The molecule has 0 unspecified atom stereocenters. The summed E-state index contributed by atoms with van der Waals surface area (Å²) in [6.45, 7) is 2.31. The van der Waals surface area contributed by atoms with Gasteiger partial charge in [0.25, 0.3) is 5.91 Å². The Bertz CT molecular complexity index is 1250. The molecule has 0 aliphatic rings. The zero-order valence-electron chi connectivity index (χ0n) is 18.4. The summed E-state index contributed by atoms with van der Waals surface area (Å²) in [5.74, 6) is -0.206. The van der Waals surface area contributed by atoms with Crippen LogP contribution in [0.25, 0.3) is 11.1 Å². The van der Waals surface area contributed by atoms with Gasteiger partial charge in [-0.25, -0.2) is 0 Å². The molecule has 1 amide bonds. The lowest BCUT2D eigenvalue weighted by atomic mass is 9.97. The highest BCUT2D eigenvalue weighted by Crippen LogP contribution is 2.26. The van der Waals surface area contributed by atoms with Crippen LogP contribution in [0.5, 0.6) is 0 Å². The van der Waals surface area contributed by atoms with Crippen molar-refractivity contribution in [3.63, 3.8) is 0 Å². The Morgan fingerprint density at radius 2 is 1.58 bits per heavy atom. The summed E-state index contributed by atoms with van der Waals surface area (Å²) >= 11 is 0. The maximum atomic E-state index is 13.0. The van der Waals surface area contributed by atoms with E-state index in [-0.39, 0.29) is 11.7 Å². The Labute approximate surface area is 193 Å². The number of nitrogens with one attached hydrogen (secondary N) is 2. The van der Waals surface area contributed by atoms with E-state index in [2.05, 4.69) is 15.6 Å². The first-order valence-corrected chi connectivity index (χ1v) is 10.9. The molecule has 5 nitrogen and oxygen atoms in total. The number of Topliss-reactive ketones (excluding diaryl/α,β-unsaturated/α-hetero) is 1. The molecule has 4 aromatic rings. The number of anilines is 2. The fourth-order valence-corrected chi connectivity index (χ4v) is 3.59. The highest BCUT2D eigenvalue weighted by molar-refractivity contribution is 6.09. The summed E-state index contributed by atoms with van der Waals surface area (Å²) in [5.41, 5.74) is 5.52. The molecule has 0 atom stereocenters. The van der Waals surface area contributed by atoms with Crippen LogP contribution < -0.4 is 10.6 Å². The summed E-state index contributed by atoms with van der Waals surface area (Å²) < 4.78 is 0. The van der Waals surface area contributed by atoms with E-state index in [9.17, 15) is 9.59 Å². The van der Waals surface area contributed by atoms with Crippen LogP contribution in [0.1, 0.15) is 33.3 Å². The van der Waals surface area contributed by atoms with Crippen molar-refractivity contribution < 1.29 is 9.59 Å². The normalized spacial score (nSPS) is 10.5. The van der Waals surface area contributed by atoms with Crippen LogP contribution in [0.2, 0.25) is 0 Å². The number of pyridine rings is 1. The number of ketones is 1. The van der Waals surface area contributed by atoms with E-state index in [1.165, 1.54) is 6.92 Å². The highest BCUT2D eigenvalue weighted by Gasteiger charge is 2.13. The Morgan fingerprint density at radius 3 is 2.33 bits per heavy atom. The lowest BCUT2D eigenvalue weighted by Gasteiger charge is -2.12. The molecule has 5 heteroatoms. The number of carbonyl (C=O) groups excluding carboxylic acids is 2. The third kappa shape index (κ3) is 5.71. The molecular formula is C28H25N3O2. The molecule has 0 bridgehead atoms. The van der Waals surface area contributed by atoms with Gasteiger partial charge in [-0.05, 0) is 66.6 Å².